The van der Waals surface area contributed by atoms with Gasteiger partial charge < -0.3 is 10.2 Å². The molecule has 4 heteroatoms. The lowest BCUT2D eigenvalue weighted by atomic mass is 10.0. The third-order valence-electron chi connectivity index (χ3n) is 3.82. The summed E-state index contributed by atoms with van der Waals surface area (Å²) in [5, 5.41) is 4.07. The molecule has 0 bridgehead atoms. The van der Waals surface area contributed by atoms with E-state index >= 15 is 0 Å². The Kier molecular flexibility index (Phi) is 7.93. The molecule has 1 aromatic heterocycles. The van der Waals surface area contributed by atoms with Crippen LogP contribution in [0.15, 0.2) is 12.3 Å². The fourth-order valence-corrected chi connectivity index (χ4v) is 2.45. The Labute approximate surface area is 128 Å². The van der Waals surface area contributed by atoms with Crippen LogP contribution in [0.25, 0.3) is 0 Å². The van der Waals surface area contributed by atoms with Crippen LogP contribution < -0.4 is 10.2 Å². The van der Waals surface area contributed by atoms with Crippen LogP contribution in [0.3, 0.4) is 0 Å². The van der Waals surface area contributed by atoms with E-state index in [0.717, 1.165) is 48.5 Å². The molecule has 0 radical (unpaired) electrons. The highest BCUT2D eigenvalue weighted by molar-refractivity contribution is 6.31. The van der Waals surface area contributed by atoms with Crippen LogP contribution in [0.1, 0.15) is 46.1 Å². The van der Waals surface area contributed by atoms with E-state index in [0.29, 0.717) is 0 Å². The van der Waals surface area contributed by atoms with Crippen molar-refractivity contribution in [1.82, 2.24) is 10.3 Å². The van der Waals surface area contributed by atoms with Crippen LogP contribution in [-0.4, -0.2) is 24.6 Å². The van der Waals surface area contributed by atoms with Crippen LogP contribution in [0.2, 0.25) is 5.02 Å². The van der Waals surface area contributed by atoms with Gasteiger partial charge in [-0.25, -0.2) is 4.98 Å². The van der Waals surface area contributed by atoms with Crippen molar-refractivity contribution in [3.05, 3.63) is 22.8 Å². The van der Waals surface area contributed by atoms with Gasteiger partial charge >= 0.3 is 0 Å². The highest BCUT2D eigenvalue weighted by Crippen LogP contribution is 2.22. The van der Waals surface area contributed by atoms with Crippen molar-refractivity contribution in [2.24, 2.45) is 5.92 Å². The number of anilines is 1. The molecule has 114 valence electrons. The molecule has 0 amide bonds. The molecule has 0 saturated heterocycles. The van der Waals surface area contributed by atoms with Crippen LogP contribution in [0, 0.1) is 5.92 Å². The fourth-order valence-electron chi connectivity index (χ4n) is 2.28. The molecule has 0 aliphatic heterocycles. The van der Waals surface area contributed by atoms with Crippen LogP contribution in [0.4, 0.5) is 5.82 Å². The lowest BCUT2D eigenvalue weighted by molar-refractivity contribution is 0.484. The van der Waals surface area contributed by atoms with Gasteiger partial charge in [0.05, 0.1) is 5.02 Å². The minimum atomic E-state index is 0.727. The SMILES string of the molecule is CCNCc1cc(N(CC)CC(CC)CC)ncc1Cl. The summed E-state index contributed by atoms with van der Waals surface area (Å²) in [5.41, 5.74) is 1.13. The van der Waals surface area contributed by atoms with Crippen molar-refractivity contribution < 1.29 is 0 Å². The zero-order valence-electron chi connectivity index (χ0n) is 13.2. The summed E-state index contributed by atoms with van der Waals surface area (Å²) >= 11 is 6.22. The van der Waals surface area contributed by atoms with Gasteiger partial charge in [-0.2, -0.15) is 0 Å². The second-order valence-corrected chi connectivity index (χ2v) is 5.54. The summed E-state index contributed by atoms with van der Waals surface area (Å²) < 4.78 is 0. The Hall–Kier alpha value is -0.800. The van der Waals surface area contributed by atoms with Crippen molar-refractivity contribution in [2.45, 2.75) is 47.1 Å². The minimum absolute atomic E-state index is 0.727. The van der Waals surface area contributed by atoms with E-state index in [2.05, 4.69) is 49.0 Å². The van der Waals surface area contributed by atoms with E-state index in [1.807, 2.05) is 0 Å². The number of pyridine rings is 1. The zero-order chi connectivity index (χ0) is 15.0. The Morgan fingerprint density at radius 1 is 1.25 bits per heavy atom. The van der Waals surface area contributed by atoms with Gasteiger partial charge in [0.2, 0.25) is 0 Å². The summed E-state index contributed by atoms with van der Waals surface area (Å²) in [7, 11) is 0. The largest absolute Gasteiger partial charge is 0.357 e. The average Bonchev–Trinajstić information content (AvgIpc) is 2.48. The monoisotopic (exact) mass is 297 g/mol. The van der Waals surface area contributed by atoms with Gasteiger partial charge in [0.25, 0.3) is 0 Å². The first-order valence-electron chi connectivity index (χ1n) is 7.76. The Morgan fingerprint density at radius 3 is 2.50 bits per heavy atom. The molecule has 20 heavy (non-hydrogen) atoms. The predicted octanol–water partition coefficient (Wildman–Crippen LogP) is 4.11. The van der Waals surface area contributed by atoms with Gasteiger partial charge in [0, 0.05) is 25.8 Å². The second kappa shape index (κ2) is 9.19. The standard InChI is InChI=1S/C16H28ClN3/c1-5-13(6-2)12-20(8-4)16-9-14(10-18-7-3)15(17)11-19-16/h9,11,13,18H,5-8,10,12H2,1-4H3. The van der Waals surface area contributed by atoms with Gasteiger partial charge in [0.15, 0.2) is 0 Å². The Balaban J connectivity index is 2.86. The smallest absolute Gasteiger partial charge is 0.128 e. The van der Waals surface area contributed by atoms with Crippen LogP contribution in [-0.2, 0) is 6.54 Å². The maximum absolute atomic E-state index is 6.22. The molecule has 0 fully saturated rings. The molecule has 1 N–H and O–H groups in total. The van der Waals surface area contributed by atoms with E-state index in [1.165, 1.54) is 12.8 Å². The fraction of sp³-hybridized carbons (Fsp3) is 0.688. The van der Waals surface area contributed by atoms with Crippen molar-refractivity contribution in [2.75, 3.05) is 24.5 Å². The molecule has 3 nitrogen and oxygen atoms in total. The number of aromatic nitrogens is 1. The normalized spacial score (nSPS) is 11.1. The first-order chi connectivity index (χ1) is 9.65. The third kappa shape index (κ3) is 4.95. The summed E-state index contributed by atoms with van der Waals surface area (Å²) in [4.78, 5) is 6.86. The minimum Gasteiger partial charge on any atom is -0.357 e. The summed E-state index contributed by atoms with van der Waals surface area (Å²) in [6.45, 7) is 12.6. The maximum Gasteiger partial charge on any atom is 0.128 e. The van der Waals surface area contributed by atoms with Gasteiger partial charge in [0.1, 0.15) is 5.82 Å². The quantitative estimate of drug-likeness (QED) is 0.743. The van der Waals surface area contributed by atoms with E-state index in [9.17, 15) is 0 Å². The first-order valence-corrected chi connectivity index (χ1v) is 8.13. The predicted molar refractivity (Wildman–Crippen MR) is 88.6 cm³/mol. The zero-order valence-corrected chi connectivity index (χ0v) is 14.0. The van der Waals surface area contributed by atoms with Gasteiger partial charge in [-0.3, -0.25) is 0 Å². The molecule has 0 spiro atoms. The molecule has 0 unspecified atom stereocenters. The van der Waals surface area contributed by atoms with E-state index in [1.54, 1.807) is 6.20 Å². The number of nitrogens with one attached hydrogen (secondary N) is 1. The number of hydrogen-bond donors (Lipinski definition) is 1. The summed E-state index contributed by atoms with van der Waals surface area (Å²) in [6.07, 6.45) is 4.20. The molecule has 1 heterocycles. The summed E-state index contributed by atoms with van der Waals surface area (Å²) in [5.74, 6) is 1.77. The van der Waals surface area contributed by atoms with Gasteiger partial charge in [-0.05, 0) is 31.0 Å². The highest BCUT2D eigenvalue weighted by Gasteiger charge is 2.13. The third-order valence-corrected chi connectivity index (χ3v) is 4.17. The van der Waals surface area contributed by atoms with Crippen molar-refractivity contribution in [3.63, 3.8) is 0 Å². The molecule has 0 saturated carbocycles. The molecule has 1 rings (SSSR count). The molecular formula is C16H28ClN3. The van der Waals surface area contributed by atoms with Gasteiger partial charge in [-0.15, -0.1) is 0 Å². The van der Waals surface area contributed by atoms with Gasteiger partial charge in [-0.1, -0.05) is 45.2 Å². The number of nitrogens with zero attached hydrogens (tertiary/aromatic N) is 2. The molecule has 0 atom stereocenters. The van der Waals surface area contributed by atoms with E-state index in [4.69, 9.17) is 11.6 Å². The number of hydrogen-bond acceptors (Lipinski definition) is 3. The van der Waals surface area contributed by atoms with E-state index < -0.39 is 0 Å². The van der Waals surface area contributed by atoms with Crippen molar-refractivity contribution in [3.8, 4) is 0 Å². The lowest BCUT2D eigenvalue weighted by Crippen LogP contribution is -2.30. The molecule has 0 aromatic carbocycles. The Morgan fingerprint density at radius 2 is 1.95 bits per heavy atom. The topological polar surface area (TPSA) is 28.2 Å². The molecule has 0 aliphatic rings. The van der Waals surface area contributed by atoms with E-state index in [-0.39, 0.29) is 0 Å². The van der Waals surface area contributed by atoms with Crippen LogP contribution in [0.5, 0.6) is 0 Å². The van der Waals surface area contributed by atoms with Crippen molar-refractivity contribution >= 4 is 17.4 Å². The Bertz CT molecular complexity index is 391. The first kappa shape index (κ1) is 17.3. The number of rotatable bonds is 9. The van der Waals surface area contributed by atoms with Crippen LogP contribution >= 0.6 is 11.6 Å². The average molecular weight is 298 g/mol. The molecular weight excluding hydrogens is 270 g/mol. The maximum atomic E-state index is 6.22. The summed E-state index contributed by atoms with van der Waals surface area (Å²) in [6, 6.07) is 2.12. The molecule has 0 aliphatic carbocycles. The molecule has 1 aromatic rings. The second-order valence-electron chi connectivity index (χ2n) is 5.14. The van der Waals surface area contributed by atoms with Crippen molar-refractivity contribution in [1.29, 1.82) is 0 Å². The number of halogens is 1. The lowest BCUT2D eigenvalue weighted by Gasteiger charge is -2.27. The highest BCUT2D eigenvalue weighted by atomic mass is 35.5.